The number of nitrogens with one attached hydrogen (secondary N) is 1. The van der Waals surface area contributed by atoms with E-state index in [2.05, 4.69) is 79.2 Å². The maximum atomic E-state index is 12.5. The van der Waals surface area contributed by atoms with Crippen LogP contribution in [0.2, 0.25) is 0 Å². The fourth-order valence-corrected chi connectivity index (χ4v) is 4.05. The molecule has 0 fully saturated rings. The number of amides is 1. The number of nitrogens with zero attached hydrogens (tertiary/aromatic N) is 2. The maximum absolute atomic E-state index is 12.5. The first kappa shape index (κ1) is 21.8. The zero-order chi connectivity index (χ0) is 22.7. The molecule has 4 nitrogen and oxygen atoms in total. The molecule has 2 heterocycles. The van der Waals surface area contributed by atoms with E-state index in [1.807, 2.05) is 25.1 Å². The highest BCUT2D eigenvalue weighted by molar-refractivity contribution is 5.77. The van der Waals surface area contributed by atoms with Crippen molar-refractivity contribution in [2.24, 2.45) is 0 Å². The van der Waals surface area contributed by atoms with E-state index in [1.54, 1.807) is 0 Å². The summed E-state index contributed by atoms with van der Waals surface area (Å²) in [5.41, 5.74) is 8.84. The molecule has 4 heteroatoms. The lowest BCUT2D eigenvalue weighted by molar-refractivity contribution is -0.121. The van der Waals surface area contributed by atoms with Gasteiger partial charge in [-0.1, -0.05) is 61.0 Å². The fourth-order valence-electron chi connectivity index (χ4n) is 4.05. The molecule has 0 spiro atoms. The van der Waals surface area contributed by atoms with Gasteiger partial charge in [-0.25, -0.2) is 4.98 Å². The summed E-state index contributed by atoms with van der Waals surface area (Å²) >= 11 is 0. The summed E-state index contributed by atoms with van der Waals surface area (Å²) in [6.45, 7) is 8.38. The van der Waals surface area contributed by atoms with Crippen molar-refractivity contribution < 1.29 is 4.79 Å². The highest BCUT2D eigenvalue weighted by atomic mass is 16.1. The van der Waals surface area contributed by atoms with Crippen molar-refractivity contribution in [3.63, 3.8) is 0 Å². The quantitative estimate of drug-likeness (QED) is 0.387. The average molecular weight is 426 g/mol. The molecule has 164 valence electrons. The minimum Gasteiger partial charge on any atom is -0.354 e. The number of rotatable bonds is 7. The maximum Gasteiger partial charge on any atom is 0.220 e. The van der Waals surface area contributed by atoms with Gasteiger partial charge in [-0.15, -0.1) is 0 Å². The van der Waals surface area contributed by atoms with Gasteiger partial charge in [-0.2, -0.15) is 0 Å². The van der Waals surface area contributed by atoms with Gasteiger partial charge < -0.3 is 9.72 Å². The highest BCUT2D eigenvalue weighted by Crippen LogP contribution is 2.29. The van der Waals surface area contributed by atoms with E-state index < -0.39 is 0 Å². The minimum absolute atomic E-state index is 0.0824. The van der Waals surface area contributed by atoms with Gasteiger partial charge in [0, 0.05) is 24.2 Å². The molecule has 0 aliphatic carbocycles. The van der Waals surface area contributed by atoms with Gasteiger partial charge in [-0.05, 0) is 62.4 Å². The lowest BCUT2D eigenvalue weighted by Crippen LogP contribution is -2.32. The van der Waals surface area contributed by atoms with E-state index >= 15 is 0 Å². The predicted molar refractivity (Wildman–Crippen MR) is 132 cm³/mol. The summed E-state index contributed by atoms with van der Waals surface area (Å²) in [5, 5.41) is 3.08. The molecule has 32 heavy (non-hydrogen) atoms. The number of pyridine rings is 1. The number of hydrogen-bond donors (Lipinski definition) is 1. The molecule has 0 saturated carbocycles. The molecule has 1 N–H and O–H groups in total. The molecule has 0 unspecified atom stereocenters. The summed E-state index contributed by atoms with van der Waals surface area (Å²) < 4.78 is 2.16. The molecular formula is C28H31N3O. The molecule has 4 aromatic rings. The van der Waals surface area contributed by atoms with E-state index in [4.69, 9.17) is 4.98 Å². The Morgan fingerprint density at radius 3 is 2.56 bits per heavy atom. The molecule has 4 rings (SSSR count). The van der Waals surface area contributed by atoms with Crippen molar-refractivity contribution in [1.29, 1.82) is 0 Å². The van der Waals surface area contributed by atoms with Crippen LogP contribution in [0.5, 0.6) is 0 Å². The molecule has 0 bridgehead atoms. The van der Waals surface area contributed by atoms with E-state index in [-0.39, 0.29) is 11.9 Å². The molecular weight excluding hydrogens is 394 g/mol. The lowest BCUT2D eigenvalue weighted by Gasteiger charge is -2.12. The third kappa shape index (κ3) is 4.59. The molecule has 2 aromatic heterocycles. The largest absolute Gasteiger partial charge is 0.354 e. The number of carbonyl (C=O) groups is 1. The standard InChI is InChI=1S/C28H31N3O/c1-5-21(4)29-27(32)16-14-25-28(22-9-7-6-8-10-22)30-26-15-13-23(18-31(25)26)24-17-19(2)11-12-20(24)3/h6-13,15,17-18,21H,5,14,16H2,1-4H3,(H,29,32)/t21-/m0/s1. The Hall–Kier alpha value is -3.40. The summed E-state index contributed by atoms with van der Waals surface area (Å²) in [4.78, 5) is 17.5. The van der Waals surface area contributed by atoms with E-state index in [1.165, 1.54) is 16.7 Å². The predicted octanol–water partition coefficient (Wildman–Crippen LogP) is 6.13. The van der Waals surface area contributed by atoms with Crippen LogP contribution in [0.3, 0.4) is 0 Å². The second-order valence-electron chi connectivity index (χ2n) is 8.61. The van der Waals surface area contributed by atoms with Crippen LogP contribution in [0, 0.1) is 13.8 Å². The lowest BCUT2D eigenvalue weighted by atomic mass is 10.00. The first-order valence-corrected chi connectivity index (χ1v) is 11.4. The summed E-state index contributed by atoms with van der Waals surface area (Å²) in [7, 11) is 0. The van der Waals surface area contributed by atoms with Gasteiger partial charge in [-0.3, -0.25) is 4.79 Å². The Morgan fingerprint density at radius 2 is 1.81 bits per heavy atom. The monoisotopic (exact) mass is 425 g/mol. The zero-order valence-corrected chi connectivity index (χ0v) is 19.4. The topological polar surface area (TPSA) is 46.4 Å². The first-order valence-electron chi connectivity index (χ1n) is 11.4. The third-order valence-electron chi connectivity index (χ3n) is 6.08. The van der Waals surface area contributed by atoms with E-state index in [0.29, 0.717) is 12.8 Å². The summed E-state index contributed by atoms with van der Waals surface area (Å²) in [6, 6.07) is 21.2. The van der Waals surface area contributed by atoms with Crippen LogP contribution in [-0.4, -0.2) is 21.3 Å². The second-order valence-corrected chi connectivity index (χ2v) is 8.61. The molecule has 2 aromatic carbocycles. The first-order chi connectivity index (χ1) is 15.5. The van der Waals surface area contributed by atoms with Crippen LogP contribution < -0.4 is 5.32 Å². The van der Waals surface area contributed by atoms with E-state index in [0.717, 1.165) is 34.6 Å². The van der Waals surface area contributed by atoms with Crippen LogP contribution in [0.25, 0.3) is 28.0 Å². The Balaban J connectivity index is 1.78. The van der Waals surface area contributed by atoms with Crippen molar-refractivity contribution in [2.75, 3.05) is 0 Å². The Morgan fingerprint density at radius 1 is 1.03 bits per heavy atom. The number of carbonyl (C=O) groups excluding carboxylic acids is 1. The van der Waals surface area contributed by atoms with Gasteiger partial charge in [0.2, 0.25) is 5.91 Å². The Labute approximate surface area is 190 Å². The number of hydrogen-bond acceptors (Lipinski definition) is 2. The Bertz CT molecular complexity index is 1240. The summed E-state index contributed by atoms with van der Waals surface area (Å²) in [6.07, 6.45) is 4.16. The normalized spacial score (nSPS) is 12.1. The number of aryl methyl sites for hydroxylation is 3. The van der Waals surface area contributed by atoms with Crippen molar-refractivity contribution >= 4 is 11.6 Å². The van der Waals surface area contributed by atoms with E-state index in [9.17, 15) is 4.79 Å². The van der Waals surface area contributed by atoms with Gasteiger partial charge in [0.1, 0.15) is 5.65 Å². The summed E-state index contributed by atoms with van der Waals surface area (Å²) in [5.74, 6) is 0.0824. The third-order valence-corrected chi connectivity index (χ3v) is 6.08. The van der Waals surface area contributed by atoms with Crippen molar-refractivity contribution in [1.82, 2.24) is 14.7 Å². The smallest absolute Gasteiger partial charge is 0.220 e. The average Bonchev–Trinajstić information content (AvgIpc) is 3.17. The van der Waals surface area contributed by atoms with Crippen LogP contribution in [0.1, 0.15) is 43.5 Å². The number of fused-ring (bicyclic) bond motifs is 1. The molecule has 0 saturated heterocycles. The van der Waals surface area contributed by atoms with Gasteiger partial charge in [0.25, 0.3) is 0 Å². The zero-order valence-electron chi connectivity index (χ0n) is 19.4. The highest BCUT2D eigenvalue weighted by Gasteiger charge is 2.17. The van der Waals surface area contributed by atoms with Crippen molar-refractivity contribution in [2.45, 2.75) is 53.0 Å². The Kier molecular flexibility index (Phi) is 6.40. The molecule has 0 aliphatic rings. The number of benzene rings is 2. The second kappa shape index (κ2) is 9.39. The van der Waals surface area contributed by atoms with Crippen molar-refractivity contribution in [3.05, 3.63) is 83.7 Å². The molecule has 1 atom stereocenters. The van der Waals surface area contributed by atoms with Crippen LogP contribution in [0.4, 0.5) is 0 Å². The van der Waals surface area contributed by atoms with Gasteiger partial charge in [0.15, 0.2) is 0 Å². The molecule has 0 aliphatic heterocycles. The minimum atomic E-state index is 0.0824. The van der Waals surface area contributed by atoms with Crippen LogP contribution in [0.15, 0.2) is 66.9 Å². The number of imidazole rings is 1. The van der Waals surface area contributed by atoms with Crippen molar-refractivity contribution in [3.8, 4) is 22.4 Å². The number of aromatic nitrogens is 2. The molecule has 1 amide bonds. The fraction of sp³-hybridized carbons (Fsp3) is 0.286. The van der Waals surface area contributed by atoms with Crippen LogP contribution >= 0.6 is 0 Å². The van der Waals surface area contributed by atoms with Gasteiger partial charge in [0.05, 0.1) is 11.4 Å². The van der Waals surface area contributed by atoms with Crippen LogP contribution in [-0.2, 0) is 11.2 Å². The SMILES string of the molecule is CC[C@H](C)NC(=O)CCc1c(-c2ccccc2)nc2ccc(-c3cc(C)ccc3C)cn12. The van der Waals surface area contributed by atoms with Gasteiger partial charge >= 0.3 is 0 Å². The molecule has 0 radical (unpaired) electrons.